The summed E-state index contributed by atoms with van der Waals surface area (Å²) in [6, 6.07) is 6.01. The Labute approximate surface area is 163 Å². The molecule has 1 aromatic carbocycles. The molecule has 0 N–H and O–H groups in total. The molecule has 0 bridgehead atoms. The largest absolute Gasteiger partial charge is 0.333 e. The molecule has 0 fully saturated rings. The predicted molar refractivity (Wildman–Crippen MR) is 107 cm³/mol. The minimum Gasteiger partial charge on any atom is -0.273 e. The molecule has 3 rings (SSSR count). The second-order valence-corrected chi connectivity index (χ2v) is 8.98. The van der Waals surface area contributed by atoms with Crippen LogP contribution in [-0.4, -0.2) is 26.7 Å². The maximum absolute atomic E-state index is 13.2. The first-order valence-corrected chi connectivity index (χ1v) is 10.6. The van der Waals surface area contributed by atoms with Gasteiger partial charge in [0.25, 0.3) is 15.6 Å². The van der Waals surface area contributed by atoms with Gasteiger partial charge < -0.3 is 0 Å². The molecule has 0 aliphatic heterocycles. The average molecular weight is 404 g/mol. The van der Waals surface area contributed by atoms with E-state index >= 15 is 0 Å². The Morgan fingerprint density at radius 1 is 1.00 bits per heavy atom. The third kappa shape index (κ3) is 2.99. The van der Waals surface area contributed by atoms with E-state index in [2.05, 4.69) is 5.10 Å². The van der Waals surface area contributed by atoms with Crippen molar-refractivity contribution in [2.24, 2.45) is 0 Å². The lowest BCUT2D eigenvalue weighted by atomic mass is 10.2. The van der Waals surface area contributed by atoms with Crippen molar-refractivity contribution in [2.45, 2.75) is 58.0 Å². The summed E-state index contributed by atoms with van der Waals surface area (Å²) in [6.45, 7) is 8.91. The molecular weight excluding hydrogens is 380 g/mol. The van der Waals surface area contributed by atoms with Gasteiger partial charge in [0.1, 0.15) is 5.39 Å². The highest BCUT2D eigenvalue weighted by Gasteiger charge is 2.25. The van der Waals surface area contributed by atoms with E-state index in [1.165, 1.54) is 16.8 Å². The molecule has 0 amide bonds. The molecule has 9 heteroatoms. The summed E-state index contributed by atoms with van der Waals surface area (Å²) < 4.78 is 29.7. The van der Waals surface area contributed by atoms with Gasteiger partial charge in [0, 0.05) is 12.1 Å². The monoisotopic (exact) mass is 404 g/mol. The van der Waals surface area contributed by atoms with E-state index in [0.29, 0.717) is 12.0 Å². The normalized spacial score (nSPS) is 12.4. The van der Waals surface area contributed by atoms with Crippen molar-refractivity contribution in [3.05, 3.63) is 56.9 Å². The van der Waals surface area contributed by atoms with Crippen LogP contribution in [-0.2, 0) is 16.4 Å². The van der Waals surface area contributed by atoms with Gasteiger partial charge in [0.05, 0.1) is 11.1 Å². The zero-order valence-electron chi connectivity index (χ0n) is 16.6. The molecule has 0 saturated carbocycles. The van der Waals surface area contributed by atoms with E-state index < -0.39 is 21.3 Å². The van der Waals surface area contributed by atoms with Gasteiger partial charge in [-0.25, -0.2) is 4.79 Å². The topological polar surface area (TPSA) is 96.0 Å². The number of fused-ring (bicyclic) bond motifs is 1. The Hall–Kier alpha value is -2.68. The minimum atomic E-state index is -4.01. The van der Waals surface area contributed by atoms with Crippen molar-refractivity contribution in [3.63, 3.8) is 0 Å². The molecule has 0 radical (unpaired) electrons. The molecule has 0 saturated heterocycles. The number of hydrogen-bond acceptors (Lipinski definition) is 5. The van der Waals surface area contributed by atoms with E-state index in [1.807, 2.05) is 6.92 Å². The summed E-state index contributed by atoms with van der Waals surface area (Å²) in [4.78, 5) is 25.8. The second kappa shape index (κ2) is 7.05. The Kier molecular flexibility index (Phi) is 5.05. The van der Waals surface area contributed by atoms with E-state index in [1.54, 1.807) is 45.9 Å². The Balaban J connectivity index is 2.40. The molecule has 3 aromatic rings. The molecule has 150 valence electrons. The number of hydrogen-bond donors (Lipinski definition) is 0. The van der Waals surface area contributed by atoms with Crippen LogP contribution in [0.2, 0.25) is 0 Å². The third-order valence-corrected chi connectivity index (χ3v) is 6.31. The number of nitrogens with zero attached hydrogens (tertiary/aromatic N) is 4. The number of aryl methyl sites for hydroxylation is 1. The van der Waals surface area contributed by atoms with Crippen molar-refractivity contribution >= 4 is 21.1 Å². The number of benzene rings is 1. The lowest BCUT2D eigenvalue weighted by Gasteiger charge is -2.15. The van der Waals surface area contributed by atoms with Crippen LogP contribution in [0.15, 0.2) is 44.9 Å². The average Bonchev–Trinajstić information content (AvgIpc) is 3.07. The van der Waals surface area contributed by atoms with Crippen molar-refractivity contribution < 1.29 is 8.42 Å². The van der Waals surface area contributed by atoms with Crippen molar-refractivity contribution in [1.29, 1.82) is 0 Å². The van der Waals surface area contributed by atoms with Crippen molar-refractivity contribution in [1.82, 2.24) is 18.3 Å². The Bertz CT molecular complexity index is 1260. The molecule has 8 nitrogen and oxygen atoms in total. The predicted octanol–water partition coefficient (Wildman–Crippen LogP) is 2.32. The molecular formula is C19H24N4O4S. The van der Waals surface area contributed by atoms with Crippen LogP contribution in [0, 0.1) is 0 Å². The molecule has 0 atom stereocenters. The summed E-state index contributed by atoms with van der Waals surface area (Å²) in [5.74, 6) is 0. The fourth-order valence-electron chi connectivity index (χ4n) is 3.29. The number of rotatable bonds is 5. The van der Waals surface area contributed by atoms with E-state index in [4.69, 9.17) is 0 Å². The first-order valence-electron chi connectivity index (χ1n) is 9.21. The second-order valence-electron chi connectivity index (χ2n) is 7.22. The minimum absolute atomic E-state index is 0.0689. The molecule has 0 spiro atoms. The summed E-state index contributed by atoms with van der Waals surface area (Å²) in [5, 5.41) is 4.25. The van der Waals surface area contributed by atoms with Crippen LogP contribution < -0.4 is 11.2 Å². The first kappa shape index (κ1) is 20.1. The lowest BCUT2D eigenvalue weighted by Crippen LogP contribution is -2.41. The summed E-state index contributed by atoms with van der Waals surface area (Å²) in [7, 11) is -4.01. The van der Waals surface area contributed by atoms with Crippen molar-refractivity contribution in [2.75, 3.05) is 0 Å². The zero-order valence-corrected chi connectivity index (χ0v) is 17.4. The zero-order chi connectivity index (χ0) is 20.8. The van der Waals surface area contributed by atoms with Gasteiger partial charge in [-0.1, -0.05) is 25.1 Å². The smallest absolute Gasteiger partial charge is 0.273 e. The Morgan fingerprint density at radius 2 is 1.61 bits per heavy atom. The number of aromatic nitrogens is 4. The fourth-order valence-corrected chi connectivity index (χ4v) is 4.71. The van der Waals surface area contributed by atoms with Gasteiger partial charge >= 0.3 is 5.69 Å². The van der Waals surface area contributed by atoms with E-state index in [0.717, 1.165) is 8.65 Å². The molecule has 2 heterocycles. The third-order valence-electron chi connectivity index (χ3n) is 4.67. The van der Waals surface area contributed by atoms with Gasteiger partial charge in [0.2, 0.25) is 0 Å². The van der Waals surface area contributed by atoms with Crippen LogP contribution in [0.25, 0.3) is 11.0 Å². The van der Waals surface area contributed by atoms with Crippen molar-refractivity contribution in [3.8, 4) is 0 Å². The Morgan fingerprint density at radius 3 is 2.18 bits per heavy atom. The summed E-state index contributed by atoms with van der Waals surface area (Å²) >= 11 is 0. The van der Waals surface area contributed by atoms with Crippen LogP contribution in [0.1, 0.15) is 52.3 Å². The summed E-state index contributed by atoms with van der Waals surface area (Å²) in [6.07, 6.45) is 1.74. The highest BCUT2D eigenvalue weighted by molar-refractivity contribution is 7.89. The standard InChI is InChI=1S/C19H24N4O4S/c1-6-14-9-7-8-10-16(14)28(26,27)21-11-15-17(20-21)22(12(2)3)19(25)23(13(4)5)18(15)24/h7-13H,6H2,1-5H3. The van der Waals surface area contributed by atoms with E-state index in [9.17, 15) is 18.0 Å². The van der Waals surface area contributed by atoms with Gasteiger partial charge in [-0.15, -0.1) is 5.10 Å². The van der Waals surface area contributed by atoms with Crippen LogP contribution in [0.4, 0.5) is 0 Å². The molecule has 0 aliphatic carbocycles. The van der Waals surface area contributed by atoms with Gasteiger partial charge in [-0.3, -0.25) is 13.9 Å². The highest BCUT2D eigenvalue weighted by Crippen LogP contribution is 2.21. The quantitative estimate of drug-likeness (QED) is 0.650. The van der Waals surface area contributed by atoms with Crippen LogP contribution >= 0.6 is 0 Å². The van der Waals surface area contributed by atoms with Gasteiger partial charge in [0.15, 0.2) is 5.65 Å². The molecule has 2 aromatic heterocycles. The molecule has 0 aliphatic rings. The van der Waals surface area contributed by atoms with Crippen LogP contribution in [0.5, 0.6) is 0 Å². The first-order chi connectivity index (χ1) is 13.1. The van der Waals surface area contributed by atoms with Gasteiger partial charge in [-0.05, 0) is 45.7 Å². The fraction of sp³-hybridized carbons (Fsp3) is 0.421. The van der Waals surface area contributed by atoms with E-state index in [-0.39, 0.29) is 28.0 Å². The SMILES string of the molecule is CCc1ccccc1S(=O)(=O)n1cc2c(=O)n(C(C)C)c(=O)n(C(C)C)c2n1. The van der Waals surface area contributed by atoms with Crippen LogP contribution in [0.3, 0.4) is 0 Å². The highest BCUT2D eigenvalue weighted by atomic mass is 32.2. The molecule has 0 unspecified atom stereocenters. The lowest BCUT2D eigenvalue weighted by molar-refractivity contribution is 0.486. The van der Waals surface area contributed by atoms with Gasteiger partial charge in [-0.2, -0.15) is 12.5 Å². The molecule has 28 heavy (non-hydrogen) atoms. The maximum atomic E-state index is 13.2. The maximum Gasteiger partial charge on any atom is 0.333 e. The summed E-state index contributed by atoms with van der Waals surface area (Å²) in [5.41, 5.74) is -0.321.